The van der Waals surface area contributed by atoms with Crippen LogP contribution in [-0.2, 0) is 18.3 Å². The quantitative estimate of drug-likeness (QED) is 0.674. The van der Waals surface area contributed by atoms with Crippen LogP contribution in [0.4, 0.5) is 4.39 Å². The Labute approximate surface area is 162 Å². The van der Waals surface area contributed by atoms with Gasteiger partial charge in [0.1, 0.15) is 5.69 Å². The fraction of sp³-hybridized carbons (Fsp3) is 0.450. The number of rotatable bonds is 5. The summed E-state index contributed by atoms with van der Waals surface area (Å²) >= 11 is 0. The fourth-order valence-electron chi connectivity index (χ4n) is 3.64. The van der Waals surface area contributed by atoms with Crippen molar-refractivity contribution in [1.82, 2.24) is 30.1 Å². The van der Waals surface area contributed by atoms with Gasteiger partial charge in [-0.15, -0.1) is 5.10 Å². The van der Waals surface area contributed by atoms with E-state index < -0.39 is 11.5 Å². The van der Waals surface area contributed by atoms with Gasteiger partial charge in [-0.3, -0.25) is 9.48 Å². The van der Waals surface area contributed by atoms with E-state index in [0.717, 1.165) is 28.7 Å². The van der Waals surface area contributed by atoms with Gasteiger partial charge in [0.25, 0.3) is 0 Å². The van der Waals surface area contributed by atoms with Gasteiger partial charge in [0.05, 0.1) is 23.8 Å². The zero-order chi connectivity index (χ0) is 19.7. The standard InChI is InChI=1S/C20H23FN6O/c1-3-27-8-6-20(21,7-9-27)19(28)12-16-11-15-10-14(4-5-17(15)23-22-16)18-13-26(2)25-24-18/h4-5,10-11,13H,3,6-9,12H2,1-2H3. The monoisotopic (exact) mass is 382 g/mol. The molecule has 0 unspecified atom stereocenters. The smallest absolute Gasteiger partial charge is 0.176 e. The number of aryl methyl sites for hydroxylation is 1. The average Bonchev–Trinajstić information content (AvgIpc) is 3.14. The summed E-state index contributed by atoms with van der Waals surface area (Å²) in [4.78, 5) is 14.8. The van der Waals surface area contributed by atoms with E-state index in [0.29, 0.717) is 18.8 Å². The molecule has 0 N–H and O–H groups in total. The van der Waals surface area contributed by atoms with Gasteiger partial charge < -0.3 is 4.90 Å². The number of alkyl halides is 1. The molecular weight excluding hydrogens is 359 g/mol. The molecule has 1 fully saturated rings. The van der Waals surface area contributed by atoms with Crippen molar-refractivity contribution < 1.29 is 9.18 Å². The fourth-order valence-corrected chi connectivity index (χ4v) is 3.64. The molecule has 7 nitrogen and oxygen atoms in total. The third kappa shape index (κ3) is 3.64. The molecule has 0 atom stereocenters. The van der Waals surface area contributed by atoms with Crippen LogP contribution in [0, 0.1) is 0 Å². The largest absolute Gasteiger partial charge is 0.303 e. The topological polar surface area (TPSA) is 76.8 Å². The number of Topliss-reactive ketones (excluding diaryl/α,β-unsaturated/α-hetero) is 1. The van der Waals surface area contributed by atoms with Crippen molar-refractivity contribution >= 4 is 16.7 Å². The van der Waals surface area contributed by atoms with E-state index in [2.05, 4.69) is 25.4 Å². The van der Waals surface area contributed by atoms with Crippen LogP contribution < -0.4 is 0 Å². The summed E-state index contributed by atoms with van der Waals surface area (Å²) in [5.41, 5.74) is 1.10. The molecule has 2 aromatic heterocycles. The van der Waals surface area contributed by atoms with Crippen molar-refractivity contribution in [2.45, 2.75) is 31.9 Å². The van der Waals surface area contributed by atoms with E-state index in [1.807, 2.05) is 44.4 Å². The van der Waals surface area contributed by atoms with E-state index in [1.54, 1.807) is 4.68 Å². The molecule has 0 aliphatic carbocycles. The first kappa shape index (κ1) is 18.6. The van der Waals surface area contributed by atoms with Gasteiger partial charge >= 0.3 is 0 Å². The molecule has 8 heteroatoms. The lowest BCUT2D eigenvalue weighted by Gasteiger charge is -2.34. The lowest BCUT2D eigenvalue weighted by atomic mass is 9.87. The maximum Gasteiger partial charge on any atom is 0.176 e. The Balaban J connectivity index is 1.54. The highest BCUT2D eigenvalue weighted by molar-refractivity contribution is 5.90. The first-order chi connectivity index (χ1) is 13.5. The molecule has 3 heterocycles. The van der Waals surface area contributed by atoms with E-state index >= 15 is 4.39 Å². The predicted molar refractivity (Wildman–Crippen MR) is 103 cm³/mol. The minimum Gasteiger partial charge on any atom is -0.303 e. The lowest BCUT2D eigenvalue weighted by Crippen LogP contribution is -2.47. The van der Waals surface area contributed by atoms with Crippen LogP contribution in [0.15, 0.2) is 30.5 Å². The number of hydrogen-bond acceptors (Lipinski definition) is 6. The van der Waals surface area contributed by atoms with Crippen molar-refractivity contribution in [1.29, 1.82) is 0 Å². The highest BCUT2D eigenvalue weighted by Gasteiger charge is 2.40. The normalized spacial score (nSPS) is 17.1. The van der Waals surface area contributed by atoms with Crippen LogP contribution in [0.25, 0.3) is 22.2 Å². The number of likely N-dealkylation sites (tertiary alicyclic amines) is 1. The molecule has 1 aromatic carbocycles. The minimum atomic E-state index is -1.76. The third-order valence-electron chi connectivity index (χ3n) is 5.47. The minimum absolute atomic E-state index is 0.0407. The molecule has 0 radical (unpaired) electrons. The molecule has 4 rings (SSSR count). The number of benzene rings is 1. The molecule has 0 amide bonds. The molecule has 28 heavy (non-hydrogen) atoms. The number of hydrogen-bond donors (Lipinski definition) is 0. The number of halogens is 1. The number of nitrogens with zero attached hydrogens (tertiary/aromatic N) is 6. The first-order valence-corrected chi connectivity index (χ1v) is 9.54. The lowest BCUT2D eigenvalue weighted by molar-refractivity contribution is -0.133. The van der Waals surface area contributed by atoms with Gasteiger partial charge in [0.2, 0.25) is 0 Å². The SMILES string of the molecule is CCN1CCC(F)(C(=O)Cc2cc3cc(-c4cn(C)nn4)ccc3nn2)CC1. The molecule has 3 aromatic rings. The summed E-state index contributed by atoms with van der Waals surface area (Å²) in [6.07, 6.45) is 2.28. The zero-order valence-electron chi connectivity index (χ0n) is 16.1. The summed E-state index contributed by atoms with van der Waals surface area (Å²) in [5, 5.41) is 17.2. The molecule has 146 valence electrons. The van der Waals surface area contributed by atoms with Gasteiger partial charge in [-0.25, -0.2) is 4.39 Å². The molecule has 1 aliphatic rings. The van der Waals surface area contributed by atoms with Gasteiger partial charge in [-0.1, -0.05) is 18.2 Å². The summed E-state index contributed by atoms with van der Waals surface area (Å²) in [6.45, 7) is 4.16. The van der Waals surface area contributed by atoms with Gasteiger partial charge in [-0.05, 0) is 24.7 Å². The van der Waals surface area contributed by atoms with Gasteiger partial charge in [0.15, 0.2) is 11.5 Å². The maximum atomic E-state index is 15.1. The average molecular weight is 382 g/mol. The van der Waals surface area contributed by atoms with Gasteiger partial charge in [-0.2, -0.15) is 10.2 Å². The third-order valence-corrected chi connectivity index (χ3v) is 5.47. The molecule has 0 bridgehead atoms. The number of piperidine rings is 1. The second-order valence-electron chi connectivity index (χ2n) is 7.39. The molecular formula is C20H23FN6O. The second-order valence-corrected chi connectivity index (χ2v) is 7.39. The van der Waals surface area contributed by atoms with Crippen LogP contribution in [0.2, 0.25) is 0 Å². The Morgan fingerprint density at radius 3 is 2.64 bits per heavy atom. The Morgan fingerprint density at radius 1 is 1.18 bits per heavy atom. The van der Waals surface area contributed by atoms with Crippen LogP contribution >= 0.6 is 0 Å². The van der Waals surface area contributed by atoms with E-state index in [4.69, 9.17) is 0 Å². The van der Waals surface area contributed by atoms with Crippen molar-refractivity contribution in [2.75, 3.05) is 19.6 Å². The second kappa shape index (κ2) is 7.35. The van der Waals surface area contributed by atoms with Crippen molar-refractivity contribution in [3.63, 3.8) is 0 Å². The summed E-state index contributed by atoms with van der Waals surface area (Å²) in [6, 6.07) is 7.51. The Kier molecular flexibility index (Phi) is 4.89. The summed E-state index contributed by atoms with van der Waals surface area (Å²) < 4.78 is 16.8. The summed E-state index contributed by atoms with van der Waals surface area (Å²) in [5.74, 6) is -0.401. The zero-order valence-corrected chi connectivity index (χ0v) is 16.1. The Bertz CT molecular complexity index is 1010. The Hall–Kier alpha value is -2.74. The van der Waals surface area contributed by atoms with Crippen LogP contribution in [0.5, 0.6) is 0 Å². The van der Waals surface area contributed by atoms with Crippen molar-refractivity contribution in [3.8, 4) is 11.3 Å². The highest BCUT2D eigenvalue weighted by Crippen LogP contribution is 2.29. The van der Waals surface area contributed by atoms with Crippen LogP contribution in [-0.4, -0.2) is 61.2 Å². The number of fused-ring (bicyclic) bond motifs is 1. The number of aromatic nitrogens is 5. The first-order valence-electron chi connectivity index (χ1n) is 9.54. The van der Waals surface area contributed by atoms with E-state index in [9.17, 15) is 4.79 Å². The maximum absolute atomic E-state index is 15.1. The molecule has 1 saturated heterocycles. The van der Waals surface area contributed by atoms with Gasteiger partial charge in [0, 0.05) is 43.9 Å². The molecule has 0 spiro atoms. The van der Waals surface area contributed by atoms with Crippen molar-refractivity contribution in [2.24, 2.45) is 7.05 Å². The predicted octanol–water partition coefficient (Wildman–Crippen LogP) is 2.36. The van der Waals surface area contributed by atoms with Crippen LogP contribution in [0.3, 0.4) is 0 Å². The van der Waals surface area contributed by atoms with Crippen LogP contribution in [0.1, 0.15) is 25.5 Å². The van der Waals surface area contributed by atoms with E-state index in [1.165, 1.54) is 0 Å². The number of carbonyl (C=O) groups excluding carboxylic acids is 1. The van der Waals surface area contributed by atoms with E-state index in [-0.39, 0.29) is 19.3 Å². The summed E-state index contributed by atoms with van der Waals surface area (Å²) in [7, 11) is 1.81. The van der Waals surface area contributed by atoms with Crippen molar-refractivity contribution in [3.05, 3.63) is 36.2 Å². The highest BCUT2D eigenvalue weighted by atomic mass is 19.1. The Morgan fingerprint density at radius 2 is 1.96 bits per heavy atom. The number of carbonyl (C=O) groups is 1. The number of ketones is 1. The molecule has 0 saturated carbocycles. The molecule has 1 aliphatic heterocycles.